The highest BCUT2D eigenvalue weighted by Gasteiger charge is 2.25. The number of aromatic carboxylic acids is 1. The van der Waals surface area contributed by atoms with E-state index in [1.165, 1.54) is 12.1 Å². The zero-order valence-electron chi connectivity index (χ0n) is 12.7. The molecule has 3 rings (SSSR count). The molecule has 2 N–H and O–H groups in total. The van der Waals surface area contributed by atoms with Gasteiger partial charge in [0, 0.05) is 49.1 Å². The highest BCUT2D eigenvalue weighted by Crippen LogP contribution is 2.23. The van der Waals surface area contributed by atoms with E-state index in [1.807, 2.05) is 4.57 Å². The van der Waals surface area contributed by atoms with Crippen molar-refractivity contribution in [2.45, 2.75) is 19.4 Å². The second-order valence-corrected chi connectivity index (χ2v) is 5.95. The molecule has 1 aliphatic rings. The van der Waals surface area contributed by atoms with Crippen molar-refractivity contribution in [3.05, 3.63) is 63.0 Å². The summed E-state index contributed by atoms with van der Waals surface area (Å²) in [6, 6.07) is 6.39. The summed E-state index contributed by atoms with van der Waals surface area (Å²) in [5.41, 5.74) is 2.76. The fraction of sp³-hybridized carbons (Fsp3) is 0.250. The Hall–Kier alpha value is -2.74. The first-order valence-electron chi connectivity index (χ1n) is 7.44. The lowest BCUT2D eigenvalue weighted by atomic mass is 10.1. The van der Waals surface area contributed by atoms with Crippen molar-refractivity contribution in [2.24, 2.45) is 0 Å². The Balaban J connectivity index is 1.83. The maximum atomic E-state index is 11.4. The van der Waals surface area contributed by atoms with Crippen LogP contribution in [-0.2, 0) is 19.4 Å². The maximum Gasteiger partial charge on any atom is 0.337 e. The Morgan fingerprint density at radius 1 is 1.38 bits per heavy atom. The molecule has 1 aliphatic heterocycles. The summed E-state index contributed by atoms with van der Waals surface area (Å²) in [7, 11) is 0. The first-order valence-corrected chi connectivity index (χ1v) is 7.85. The van der Waals surface area contributed by atoms with E-state index in [2.05, 4.69) is 5.32 Å². The number of nitro groups is 1. The SMILES string of the molecule is O=C(O)c1cn(CCc2ccc([N+](=O)[O-])cc2)c2c1C(=S)NCC2. The quantitative estimate of drug-likeness (QED) is 0.490. The van der Waals surface area contributed by atoms with Gasteiger partial charge in [0.25, 0.3) is 5.69 Å². The van der Waals surface area contributed by atoms with E-state index in [1.54, 1.807) is 18.3 Å². The maximum absolute atomic E-state index is 11.4. The van der Waals surface area contributed by atoms with Crippen LogP contribution >= 0.6 is 12.2 Å². The average Bonchev–Trinajstić information content (AvgIpc) is 2.94. The number of hydrogen-bond donors (Lipinski definition) is 2. The van der Waals surface area contributed by atoms with Gasteiger partial charge in [0.1, 0.15) is 4.99 Å². The van der Waals surface area contributed by atoms with Crippen molar-refractivity contribution in [1.82, 2.24) is 9.88 Å². The molecule has 0 fully saturated rings. The molecule has 7 nitrogen and oxygen atoms in total. The molecule has 1 aromatic heterocycles. The monoisotopic (exact) mass is 345 g/mol. The van der Waals surface area contributed by atoms with Gasteiger partial charge in [-0.15, -0.1) is 0 Å². The van der Waals surface area contributed by atoms with Gasteiger partial charge in [0.05, 0.1) is 10.5 Å². The number of hydrogen-bond acceptors (Lipinski definition) is 4. The molecule has 0 unspecified atom stereocenters. The van der Waals surface area contributed by atoms with Crippen LogP contribution in [0.25, 0.3) is 0 Å². The van der Waals surface area contributed by atoms with Gasteiger partial charge in [-0.25, -0.2) is 4.79 Å². The van der Waals surface area contributed by atoms with Crippen LogP contribution in [0.4, 0.5) is 5.69 Å². The van der Waals surface area contributed by atoms with Gasteiger partial charge >= 0.3 is 5.97 Å². The summed E-state index contributed by atoms with van der Waals surface area (Å²) in [5, 5.41) is 23.1. The number of aromatic nitrogens is 1. The van der Waals surface area contributed by atoms with E-state index < -0.39 is 10.9 Å². The number of rotatable bonds is 5. The Kier molecular flexibility index (Phi) is 4.30. The molecule has 24 heavy (non-hydrogen) atoms. The number of benzene rings is 1. The van der Waals surface area contributed by atoms with E-state index in [0.717, 1.165) is 11.3 Å². The topological polar surface area (TPSA) is 97.4 Å². The molecule has 1 aromatic carbocycles. The zero-order valence-corrected chi connectivity index (χ0v) is 13.5. The molecule has 8 heteroatoms. The zero-order chi connectivity index (χ0) is 17.3. The molecule has 0 saturated carbocycles. The summed E-state index contributed by atoms with van der Waals surface area (Å²) in [5.74, 6) is -0.994. The van der Waals surface area contributed by atoms with Crippen molar-refractivity contribution in [3.63, 3.8) is 0 Å². The predicted octanol–water partition coefficient (Wildman–Crippen LogP) is 2.16. The van der Waals surface area contributed by atoms with E-state index >= 15 is 0 Å². The van der Waals surface area contributed by atoms with Gasteiger partial charge in [0.15, 0.2) is 0 Å². The molecule has 0 radical (unpaired) electrons. The summed E-state index contributed by atoms with van der Waals surface area (Å²) < 4.78 is 1.92. The first kappa shape index (κ1) is 16.1. The normalized spacial score (nSPS) is 13.2. The number of carboxylic acids is 1. The van der Waals surface area contributed by atoms with E-state index in [4.69, 9.17) is 12.2 Å². The Bertz CT molecular complexity index is 827. The average molecular weight is 345 g/mol. The molecule has 0 saturated heterocycles. The molecule has 0 atom stereocenters. The Morgan fingerprint density at radius 2 is 2.08 bits per heavy atom. The number of fused-ring (bicyclic) bond motifs is 1. The molecule has 2 aromatic rings. The van der Waals surface area contributed by atoms with Crippen LogP contribution in [0.2, 0.25) is 0 Å². The van der Waals surface area contributed by atoms with Crippen LogP contribution in [0.5, 0.6) is 0 Å². The van der Waals surface area contributed by atoms with Gasteiger partial charge in [-0.3, -0.25) is 10.1 Å². The summed E-state index contributed by atoms with van der Waals surface area (Å²) in [6.45, 7) is 1.28. The fourth-order valence-corrected chi connectivity index (χ4v) is 3.23. The molecule has 2 heterocycles. The van der Waals surface area contributed by atoms with E-state index in [-0.39, 0.29) is 11.3 Å². The van der Waals surface area contributed by atoms with Gasteiger partial charge < -0.3 is 15.0 Å². The van der Waals surface area contributed by atoms with E-state index in [9.17, 15) is 20.0 Å². The van der Waals surface area contributed by atoms with Crippen molar-refractivity contribution >= 4 is 28.9 Å². The summed E-state index contributed by atoms with van der Waals surface area (Å²) >= 11 is 5.25. The molecular weight excluding hydrogens is 330 g/mol. The van der Waals surface area contributed by atoms with Gasteiger partial charge in [-0.2, -0.15) is 0 Å². The predicted molar refractivity (Wildman–Crippen MR) is 91.6 cm³/mol. The highest BCUT2D eigenvalue weighted by molar-refractivity contribution is 7.80. The van der Waals surface area contributed by atoms with Crippen LogP contribution in [0.3, 0.4) is 0 Å². The number of thiocarbonyl (C=S) groups is 1. The van der Waals surface area contributed by atoms with Crippen molar-refractivity contribution < 1.29 is 14.8 Å². The number of aryl methyl sites for hydroxylation is 2. The standard InChI is InChI=1S/C16H15N3O4S/c20-16(21)12-9-18(13-5-7-17-15(24)14(12)13)8-6-10-1-3-11(4-2-10)19(22)23/h1-4,9H,5-8H2,(H,17,24)(H,20,21). The molecule has 124 valence electrons. The second-order valence-electron chi connectivity index (χ2n) is 5.54. The number of carboxylic acid groups (broad SMARTS) is 1. The molecule has 0 aliphatic carbocycles. The third-order valence-electron chi connectivity index (χ3n) is 4.08. The third-order valence-corrected chi connectivity index (χ3v) is 4.43. The largest absolute Gasteiger partial charge is 0.478 e. The van der Waals surface area contributed by atoms with Gasteiger partial charge in [-0.05, 0) is 12.0 Å². The van der Waals surface area contributed by atoms with Gasteiger partial charge in [0.2, 0.25) is 0 Å². The highest BCUT2D eigenvalue weighted by atomic mass is 32.1. The fourth-order valence-electron chi connectivity index (χ4n) is 2.90. The number of nitrogens with one attached hydrogen (secondary N) is 1. The van der Waals surface area contributed by atoms with E-state index in [0.29, 0.717) is 36.5 Å². The third kappa shape index (κ3) is 3.00. The number of nitro benzene ring substituents is 1. The number of carbonyl (C=O) groups is 1. The van der Waals surface area contributed by atoms with Crippen LogP contribution in [-0.4, -0.2) is 32.1 Å². The Morgan fingerprint density at radius 3 is 2.71 bits per heavy atom. The lowest BCUT2D eigenvalue weighted by Gasteiger charge is -2.18. The smallest absolute Gasteiger partial charge is 0.337 e. The van der Waals surface area contributed by atoms with Crippen LogP contribution in [0.1, 0.15) is 27.2 Å². The first-order chi connectivity index (χ1) is 11.5. The second kappa shape index (κ2) is 6.40. The molecule has 0 bridgehead atoms. The van der Waals surface area contributed by atoms with Crippen molar-refractivity contribution in [1.29, 1.82) is 0 Å². The lowest BCUT2D eigenvalue weighted by Crippen LogP contribution is -2.32. The molecule has 0 spiro atoms. The molecular formula is C16H15N3O4S. The lowest BCUT2D eigenvalue weighted by molar-refractivity contribution is -0.384. The number of nitrogens with zero attached hydrogens (tertiary/aromatic N) is 2. The summed E-state index contributed by atoms with van der Waals surface area (Å²) in [6.07, 6.45) is 2.99. The minimum absolute atomic E-state index is 0.0571. The van der Waals surface area contributed by atoms with Crippen LogP contribution < -0.4 is 5.32 Å². The molecule has 0 amide bonds. The van der Waals surface area contributed by atoms with Gasteiger partial charge in [-0.1, -0.05) is 24.4 Å². The minimum atomic E-state index is -0.994. The van der Waals surface area contributed by atoms with Crippen LogP contribution in [0, 0.1) is 10.1 Å². The van der Waals surface area contributed by atoms with Crippen molar-refractivity contribution in [3.8, 4) is 0 Å². The van der Waals surface area contributed by atoms with Crippen molar-refractivity contribution in [2.75, 3.05) is 6.54 Å². The van der Waals surface area contributed by atoms with Crippen LogP contribution in [0.15, 0.2) is 30.5 Å². The Labute approximate surface area is 143 Å². The minimum Gasteiger partial charge on any atom is -0.478 e. The summed E-state index contributed by atoms with van der Waals surface area (Å²) in [4.78, 5) is 22.2. The number of non-ortho nitro benzene ring substituents is 1.